The summed E-state index contributed by atoms with van der Waals surface area (Å²) in [4.78, 5) is 0. The Balaban J connectivity index is 2.27. The summed E-state index contributed by atoms with van der Waals surface area (Å²) < 4.78 is 19.1. The fourth-order valence-electron chi connectivity index (χ4n) is 3.36. The molecule has 2 rings (SSSR count). The van der Waals surface area contributed by atoms with Crippen LogP contribution in [0.1, 0.15) is 50.5 Å². The second kappa shape index (κ2) is 7.63. The van der Waals surface area contributed by atoms with E-state index in [0.29, 0.717) is 11.8 Å². The second-order valence-electron chi connectivity index (χ2n) is 5.70. The molecule has 2 nitrogen and oxygen atoms in total. The number of benzene rings is 1. The molecule has 0 radical (unpaired) electrons. The van der Waals surface area contributed by atoms with Crippen LogP contribution in [0.3, 0.4) is 0 Å². The number of methoxy groups -OCH3 is 1. The zero-order valence-corrected chi connectivity index (χ0v) is 12.6. The molecule has 0 amide bonds. The average molecular weight is 279 g/mol. The van der Waals surface area contributed by atoms with Gasteiger partial charge >= 0.3 is 0 Å². The standard InChI is InChI=1S/C17H26FNO/c1-3-19-12-13-7-5-4-6-8-15(13)16-11-14(18)9-10-17(16)20-2/h9-11,13,15,19H,3-8,12H2,1-2H3. The monoisotopic (exact) mass is 279 g/mol. The largest absolute Gasteiger partial charge is 0.496 e. The van der Waals surface area contributed by atoms with Crippen molar-refractivity contribution in [3.8, 4) is 5.75 Å². The molecule has 20 heavy (non-hydrogen) atoms. The van der Waals surface area contributed by atoms with Crippen LogP contribution in [0.25, 0.3) is 0 Å². The lowest BCUT2D eigenvalue weighted by molar-refractivity contribution is 0.355. The van der Waals surface area contributed by atoms with Crippen molar-refractivity contribution in [1.82, 2.24) is 5.32 Å². The molecular formula is C17H26FNO. The van der Waals surface area contributed by atoms with E-state index in [0.717, 1.165) is 30.8 Å². The maximum Gasteiger partial charge on any atom is 0.123 e. The molecule has 1 N–H and O–H groups in total. The van der Waals surface area contributed by atoms with Gasteiger partial charge in [-0.05, 0) is 56.0 Å². The van der Waals surface area contributed by atoms with Crippen molar-refractivity contribution in [2.24, 2.45) is 5.92 Å². The number of halogens is 1. The van der Waals surface area contributed by atoms with E-state index < -0.39 is 0 Å². The lowest BCUT2D eigenvalue weighted by Crippen LogP contribution is -2.27. The maximum atomic E-state index is 13.6. The van der Waals surface area contributed by atoms with Gasteiger partial charge in [-0.3, -0.25) is 0 Å². The maximum absolute atomic E-state index is 13.6. The highest BCUT2D eigenvalue weighted by molar-refractivity contribution is 5.37. The Kier molecular flexibility index (Phi) is 5.84. The predicted molar refractivity (Wildman–Crippen MR) is 80.8 cm³/mol. The molecule has 1 aliphatic carbocycles. The molecule has 1 aliphatic rings. The minimum atomic E-state index is -0.160. The van der Waals surface area contributed by atoms with Crippen LogP contribution in [-0.2, 0) is 0 Å². The molecule has 1 fully saturated rings. The van der Waals surface area contributed by atoms with E-state index in [1.165, 1.54) is 31.7 Å². The van der Waals surface area contributed by atoms with Crippen molar-refractivity contribution >= 4 is 0 Å². The van der Waals surface area contributed by atoms with E-state index in [4.69, 9.17) is 4.74 Å². The molecule has 0 bridgehead atoms. The molecular weight excluding hydrogens is 253 g/mol. The summed E-state index contributed by atoms with van der Waals surface area (Å²) in [6.45, 7) is 4.14. The van der Waals surface area contributed by atoms with E-state index in [1.807, 2.05) is 0 Å². The fraction of sp³-hybridized carbons (Fsp3) is 0.647. The van der Waals surface area contributed by atoms with E-state index in [-0.39, 0.29) is 5.82 Å². The third-order valence-electron chi connectivity index (χ3n) is 4.41. The molecule has 0 saturated heterocycles. The van der Waals surface area contributed by atoms with Crippen molar-refractivity contribution < 1.29 is 9.13 Å². The Labute approximate surface area is 121 Å². The summed E-state index contributed by atoms with van der Waals surface area (Å²) in [5.74, 6) is 1.65. The summed E-state index contributed by atoms with van der Waals surface area (Å²) in [6, 6.07) is 4.92. The second-order valence-corrected chi connectivity index (χ2v) is 5.70. The van der Waals surface area contributed by atoms with E-state index >= 15 is 0 Å². The van der Waals surface area contributed by atoms with Gasteiger partial charge in [0, 0.05) is 5.56 Å². The van der Waals surface area contributed by atoms with Crippen LogP contribution >= 0.6 is 0 Å². The van der Waals surface area contributed by atoms with Crippen molar-refractivity contribution in [3.63, 3.8) is 0 Å². The summed E-state index contributed by atoms with van der Waals surface area (Å²) in [5, 5.41) is 3.46. The van der Waals surface area contributed by atoms with Gasteiger partial charge in [0.05, 0.1) is 7.11 Å². The first-order chi connectivity index (χ1) is 9.76. The summed E-state index contributed by atoms with van der Waals surface area (Å²) >= 11 is 0. The zero-order chi connectivity index (χ0) is 14.4. The molecule has 1 aromatic carbocycles. The van der Waals surface area contributed by atoms with Crippen LogP contribution in [0.2, 0.25) is 0 Å². The van der Waals surface area contributed by atoms with Gasteiger partial charge in [-0.25, -0.2) is 4.39 Å². The Morgan fingerprint density at radius 1 is 1.25 bits per heavy atom. The van der Waals surface area contributed by atoms with Gasteiger partial charge in [-0.2, -0.15) is 0 Å². The molecule has 2 atom stereocenters. The quantitative estimate of drug-likeness (QED) is 0.819. The van der Waals surface area contributed by atoms with Gasteiger partial charge in [0.25, 0.3) is 0 Å². The molecule has 0 heterocycles. The van der Waals surface area contributed by atoms with Gasteiger partial charge in [0.2, 0.25) is 0 Å². The predicted octanol–water partition coefficient (Wildman–Crippen LogP) is 4.11. The third kappa shape index (κ3) is 3.72. The summed E-state index contributed by atoms with van der Waals surface area (Å²) in [6.07, 6.45) is 6.15. The van der Waals surface area contributed by atoms with Gasteiger partial charge in [0.1, 0.15) is 11.6 Å². The Hall–Kier alpha value is -1.09. The first-order valence-electron chi connectivity index (χ1n) is 7.80. The lowest BCUT2D eigenvalue weighted by Gasteiger charge is -2.27. The van der Waals surface area contributed by atoms with Gasteiger partial charge in [0.15, 0.2) is 0 Å². The Morgan fingerprint density at radius 2 is 2.05 bits per heavy atom. The van der Waals surface area contributed by atoms with Crippen LogP contribution in [-0.4, -0.2) is 20.2 Å². The van der Waals surface area contributed by atoms with Crippen molar-refractivity contribution in [3.05, 3.63) is 29.6 Å². The number of nitrogens with one attached hydrogen (secondary N) is 1. The first-order valence-corrected chi connectivity index (χ1v) is 7.80. The van der Waals surface area contributed by atoms with E-state index in [9.17, 15) is 4.39 Å². The first kappa shape index (κ1) is 15.3. The lowest BCUT2D eigenvalue weighted by atomic mass is 9.82. The third-order valence-corrected chi connectivity index (χ3v) is 4.41. The van der Waals surface area contributed by atoms with Crippen LogP contribution < -0.4 is 10.1 Å². The van der Waals surface area contributed by atoms with Crippen LogP contribution in [0.5, 0.6) is 5.75 Å². The van der Waals surface area contributed by atoms with Gasteiger partial charge in [-0.15, -0.1) is 0 Å². The molecule has 3 heteroatoms. The van der Waals surface area contributed by atoms with Crippen molar-refractivity contribution in [2.45, 2.75) is 44.9 Å². The SMILES string of the molecule is CCNCC1CCCCCC1c1cc(F)ccc1OC. The van der Waals surface area contributed by atoms with E-state index in [2.05, 4.69) is 12.2 Å². The zero-order valence-electron chi connectivity index (χ0n) is 12.6. The van der Waals surface area contributed by atoms with E-state index in [1.54, 1.807) is 19.2 Å². The topological polar surface area (TPSA) is 21.3 Å². The number of rotatable bonds is 5. The molecule has 0 aromatic heterocycles. The average Bonchev–Trinajstić information content (AvgIpc) is 2.70. The highest BCUT2D eigenvalue weighted by Crippen LogP contribution is 2.40. The molecule has 1 aromatic rings. The Morgan fingerprint density at radius 3 is 2.80 bits per heavy atom. The van der Waals surface area contributed by atoms with Crippen LogP contribution in [0, 0.1) is 11.7 Å². The number of hydrogen-bond donors (Lipinski definition) is 1. The summed E-state index contributed by atoms with van der Waals surface area (Å²) in [5.41, 5.74) is 1.05. The molecule has 112 valence electrons. The van der Waals surface area contributed by atoms with Crippen LogP contribution in [0.4, 0.5) is 4.39 Å². The smallest absolute Gasteiger partial charge is 0.123 e. The molecule has 0 spiro atoms. The van der Waals surface area contributed by atoms with Gasteiger partial charge in [-0.1, -0.05) is 26.2 Å². The minimum Gasteiger partial charge on any atom is -0.496 e. The highest BCUT2D eigenvalue weighted by Gasteiger charge is 2.27. The molecule has 0 aliphatic heterocycles. The Bertz CT molecular complexity index is 421. The highest BCUT2D eigenvalue weighted by atomic mass is 19.1. The summed E-state index contributed by atoms with van der Waals surface area (Å²) in [7, 11) is 1.67. The van der Waals surface area contributed by atoms with Crippen LogP contribution in [0.15, 0.2) is 18.2 Å². The molecule has 2 unspecified atom stereocenters. The fourth-order valence-corrected chi connectivity index (χ4v) is 3.36. The van der Waals surface area contributed by atoms with Gasteiger partial charge < -0.3 is 10.1 Å². The molecule has 1 saturated carbocycles. The van der Waals surface area contributed by atoms with Crippen molar-refractivity contribution in [2.75, 3.05) is 20.2 Å². The number of ether oxygens (including phenoxy) is 1. The van der Waals surface area contributed by atoms with Crippen molar-refractivity contribution in [1.29, 1.82) is 0 Å². The normalized spacial score (nSPS) is 23.4. The minimum absolute atomic E-state index is 0.160. The number of hydrogen-bond acceptors (Lipinski definition) is 2.